The number of pyridine rings is 1. The van der Waals surface area contributed by atoms with Crippen molar-refractivity contribution >= 4 is 22.6 Å². The third-order valence-electron chi connectivity index (χ3n) is 2.26. The van der Waals surface area contributed by atoms with Gasteiger partial charge in [0.25, 0.3) is 0 Å². The number of nitrogens with one attached hydrogen (secondary N) is 1. The van der Waals surface area contributed by atoms with Crippen molar-refractivity contribution in [3.63, 3.8) is 0 Å². The van der Waals surface area contributed by atoms with Crippen LogP contribution in [-0.2, 0) is 4.79 Å². The monoisotopic (exact) mass is 220 g/mol. The number of amides is 1. The Labute approximate surface area is 93.0 Å². The van der Waals surface area contributed by atoms with Gasteiger partial charge >= 0.3 is 0 Å². The minimum Gasteiger partial charge on any atom is -0.328 e. The fraction of sp³-hybridized carbons (Fsp3) is 0.273. The van der Waals surface area contributed by atoms with Gasteiger partial charge in [-0.25, -0.2) is 0 Å². The summed E-state index contributed by atoms with van der Waals surface area (Å²) in [5.41, 5.74) is 2.04. The number of rotatable bonds is 1. The average molecular weight is 220 g/mol. The summed E-state index contributed by atoms with van der Waals surface area (Å²) < 4.78 is 0. The molecule has 78 valence electrons. The van der Waals surface area contributed by atoms with Gasteiger partial charge in [0.2, 0.25) is 5.91 Å². The van der Waals surface area contributed by atoms with E-state index in [9.17, 15) is 4.79 Å². The number of hydrogen-bond acceptors (Lipinski definition) is 3. The van der Waals surface area contributed by atoms with Gasteiger partial charge in [-0.05, 0) is 31.5 Å². The summed E-state index contributed by atoms with van der Waals surface area (Å²) in [5.74, 6) is 0.0790. The fourth-order valence-corrected chi connectivity index (χ4v) is 2.47. The van der Waals surface area contributed by atoms with Crippen LogP contribution in [0, 0.1) is 0 Å². The SMILES string of the molecule is CC1=C(c2ccncc2)SC(C)C(=O)N1. The Hall–Kier alpha value is -1.29. The molecule has 1 aliphatic heterocycles. The largest absolute Gasteiger partial charge is 0.328 e. The lowest BCUT2D eigenvalue weighted by Crippen LogP contribution is -2.33. The van der Waals surface area contributed by atoms with E-state index in [0.717, 1.165) is 16.2 Å². The molecule has 2 heterocycles. The Kier molecular flexibility index (Phi) is 2.77. The number of carbonyl (C=O) groups excluding carboxylic acids is 1. The molecule has 0 bridgehead atoms. The topological polar surface area (TPSA) is 42.0 Å². The molecule has 0 saturated carbocycles. The number of hydrogen-bond donors (Lipinski definition) is 1. The van der Waals surface area contributed by atoms with Crippen molar-refractivity contribution in [3.8, 4) is 0 Å². The molecule has 0 radical (unpaired) electrons. The maximum atomic E-state index is 11.4. The van der Waals surface area contributed by atoms with E-state index in [1.807, 2.05) is 26.0 Å². The lowest BCUT2D eigenvalue weighted by molar-refractivity contribution is -0.119. The van der Waals surface area contributed by atoms with Gasteiger partial charge in [-0.15, -0.1) is 11.8 Å². The minimum atomic E-state index is -0.0307. The van der Waals surface area contributed by atoms with Crippen LogP contribution in [0.25, 0.3) is 4.91 Å². The normalized spacial score (nSPS) is 21.5. The Morgan fingerprint density at radius 3 is 2.73 bits per heavy atom. The third kappa shape index (κ3) is 2.04. The quantitative estimate of drug-likeness (QED) is 0.787. The van der Waals surface area contributed by atoms with Crippen LogP contribution in [0.1, 0.15) is 19.4 Å². The molecule has 0 fully saturated rings. The number of carbonyl (C=O) groups is 1. The van der Waals surface area contributed by atoms with Crippen molar-refractivity contribution < 1.29 is 4.79 Å². The first kappa shape index (κ1) is 10.2. The predicted octanol–water partition coefficient (Wildman–Crippen LogP) is 2.02. The Morgan fingerprint density at radius 1 is 1.40 bits per heavy atom. The molecular formula is C11H12N2OS. The molecule has 1 unspecified atom stereocenters. The predicted molar refractivity (Wildman–Crippen MR) is 62.0 cm³/mol. The summed E-state index contributed by atoms with van der Waals surface area (Å²) in [6.45, 7) is 3.83. The Balaban J connectivity index is 2.37. The maximum absolute atomic E-state index is 11.4. The molecule has 0 saturated heterocycles. The van der Waals surface area contributed by atoms with E-state index in [-0.39, 0.29) is 11.2 Å². The summed E-state index contributed by atoms with van der Waals surface area (Å²) in [7, 11) is 0. The Bertz CT molecular complexity index is 414. The van der Waals surface area contributed by atoms with E-state index >= 15 is 0 Å². The minimum absolute atomic E-state index is 0.0307. The van der Waals surface area contributed by atoms with Gasteiger partial charge in [-0.2, -0.15) is 0 Å². The third-order valence-corrected chi connectivity index (χ3v) is 3.60. The van der Waals surface area contributed by atoms with Crippen molar-refractivity contribution in [2.75, 3.05) is 0 Å². The van der Waals surface area contributed by atoms with E-state index in [1.54, 1.807) is 24.2 Å². The van der Waals surface area contributed by atoms with E-state index in [2.05, 4.69) is 10.3 Å². The van der Waals surface area contributed by atoms with Gasteiger partial charge in [0.1, 0.15) is 0 Å². The molecule has 0 spiro atoms. The van der Waals surface area contributed by atoms with Crippen molar-refractivity contribution in [1.29, 1.82) is 0 Å². The molecule has 0 aliphatic carbocycles. The zero-order valence-corrected chi connectivity index (χ0v) is 9.47. The smallest absolute Gasteiger partial charge is 0.237 e. The van der Waals surface area contributed by atoms with Crippen LogP contribution in [0.2, 0.25) is 0 Å². The summed E-state index contributed by atoms with van der Waals surface area (Å²) >= 11 is 1.60. The van der Waals surface area contributed by atoms with Crippen LogP contribution in [0.4, 0.5) is 0 Å². The van der Waals surface area contributed by atoms with E-state index < -0.39 is 0 Å². The summed E-state index contributed by atoms with van der Waals surface area (Å²) in [6.07, 6.45) is 3.52. The van der Waals surface area contributed by atoms with Gasteiger partial charge < -0.3 is 5.32 Å². The van der Waals surface area contributed by atoms with Crippen LogP contribution in [-0.4, -0.2) is 16.1 Å². The van der Waals surface area contributed by atoms with E-state index in [0.29, 0.717) is 0 Å². The number of nitrogens with zero attached hydrogens (tertiary/aromatic N) is 1. The van der Waals surface area contributed by atoms with Gasteiger partial charge in [0.05, 0.1) is 5.25 Å². The summed E-state index contributed by atoms with van der Waals surface area (Å²) in [4.78, 5) is 16.5. The van der Waals surface area contributed by atoms with Gasteiger partial charge in [-0.3, -0.25) is 9.78 Å². The highest BCUT2D eigenvalue weighted by Crippen LogP contribution is 2.35. The van der Waals surface area contributed by atoms with Crippen molar-refractivity contribution in [2.24, 2.45) is 0 Å². The zero-order valence-electron chi connectivity index (χ0n) is 8.65. The van der Waals surface area contributed by atoms with Gasteiger partial charge in [-0.1, -0.05) is 0 Å². The standard InChI is InChI=1S/C11H12N2OS/c1-7-10(9-3-5-12-6-4-9)15-8(2)11(14)13-7/h3-6,8H,1-2H3,(H,13,14). The summed E-state index contributed by atoms with van der Waals surface area (Å²) in [6, 6.07) is 3.91. The molecule has 0 aromatic carbocycles. The molecule has 1 aromatic rings. The van der Waals surface area contributed by atoms with Gasteiger partial charge in [0.15, 0.2) is 0 Å². The van der Waals surface area contributed by atoms with Crippen LogP contribution in [0.5, 0.6) is 0 Å². The molecular weight excluding hydrogens is 208 g/mol. The van der Waals surface area contributed by atoms with Crippen molar-refractivity contribution in [2.45, 2.75) is 19.1 Å². The fourth-order valence-electron chi connectivity index (χ4n) is 1.45. The second-order valence-electron chi connectivity index (χ2n) is 3.44. The van der Waals surface area contributed by atoms with Crippen LogP contribution < -0.4 is 5.32 Å². The second kappa shape index (κ2) is 4.06. The van der Waals surface area contributed by atoms with Crippen molar-refractivity contribution in [1.82, 2.24) is 10.3 Å². The number of thioether (sulfide) groups is 1. The highest BCUT2D eigenvalue weighted by molar-refractivity contribution is 8.09. The number of allylic oxidation sites excluding steroid dienone is 1. The van der Waals surface area contributed by atoms with Gasteiger partial charge in [0, 0.05) is 23.0 Å². The molecule has 1 aromatic heterocycles. The van der Waals surface area contributed by atoms with Crippen LogP contribution >= 0.6 is 11.8 Å². The van der Waals surface area contributed by atoms with E-state index in [4.69, 9.17) is 0 Å². The summed E-state index contributed by atoms with van der Waals surface area (Å²) in [5, 5.41) is 2.85. The first-order chi connectivity index (χ1) is 7.18. The van der Waals surface area contributed by atoms with Crippen molar-refractivity contribution in [3.05, 3.63) is 35.8 Å². The lowest BCUT2D eigenvalue weighted by atomic mass is 10.2. The highest BCUT2D eigenvalue weighted by Gasteiger charge is 2.23. The first-order valence-electron chi connectivity index (χ1n) is 4.77. The molecule has 1 atom stereocenters. The maximum Gasteiger partial charge on any atom is 0.237 e. The lowest BCUT2D eigenvalue weighted by Gasteiger charge is -2.22. The zero-order chi connectivity index (χ0) is 10.8. The molecule has 1 N–H and O–H groups in total. The first-order valence-corrected chi connectivity index (χ1v) is 5.65. The highest BCUT2D eigenvalue weighted by atomic mass is 32.2. The molecule has 15 heavy (non-hydrogen) atoms. The molecule has 1 aliphatic rings. The Morgan fingerprint density at radius 2 is 2.07 bits per heavy atom. The molecule has 3 nitrogen and oxygen atoms in total. The van der Waals surface area contributed by atoms with Crippen LogP contribution in [0.3, 0.4) is 0 Å². The number of aromatic nitrogens is 1. The van der Waals surface area contributed by atoms with E-state index in [1.165, 1.54) is 0 Å². The molecule has 2 rings (SSSR count). The second-order valence-corrected chi connectivity index (χ2v) is 4.79. The average Bonchev–Trinajstić information content (AvgIpc) is 2.25. The molecule has 4 heteroatoms. The molecule has 1 amide bonds. The van der Waals surface area contributed by atoms with Crippen LogP contribution in [0.15, 0.2) is 30.2 Å².